The van der Waals surface area contributed by atoms with Crippen molar-refractivity contribution in [3.05, 3.63) is 0 Å². The van der Waals surface area contributed by atoms with Crippen LogP contribution < -0.4 is 0 Å². The average Bonchev–Trinajstić information content (AvgIpc) is 2.20. The average molecular weight is 198 g/mol. The van der Waals surface area contributed by atoms with Gasteiger partial charge in [-0.15, -0.1) is 5.92 Å². The van der Waals surface area contributed by atoms with Crippen molar-refractivity contribution in [1.29, 1.82) is 0 Å². The maximum atomic E-state index is 9.30. The molecule has 0 fully saturated rings. The van der Waals surface area contributed by atoms with Crippen LogP contribution in [0, 0.1) is 11.8 Å². The van der Waals surface area contributed by atoms with E-state index in [0.717, 1.165) is 12.8 Å². The number of unbranched alkanes of at least 4 members (excludes halogenated alkanes) is 4. The van der Waals surface area contributed by atoms with Gasteiger partial charge in [-0.25, -0.2) is 0 Å². The molecule has 0 saturated heterocycles. The first-order valence-electron chi connectivity index (χ1n) is 5.58. The normalized spacial score (nSPS) is 11.9. The highest BCUT2D eigenvalue weighted by molar-refractivity contribution is 5.04. The second kappa shape index (κ2) is 10.6. The smallest absolute Gasteiger partial charge is 0.114 e. The number of rotatable bonds is 7. The first-order chi connectivity index (χ1) is 6.81. The van der Waals surface area contributed by atoms with Gasteiger partial charge in [-0.1, -0.05) is 32.1 Å². The van der Waals surface area contributed by atoms with E-state index < -0.39 is 6.10 Å². The van der Waals surface area contributed by atoms with Crippen molar-refractivity contribution in [2.45, 2.75) is 58.0 Å². The van der Waals surface area contributed by atoms with E-state index in [-0.39, 0.29) is 6.61 Å². The molecule has 0 amide bonds. The van der Waals surface area contributed by atoms with Gasteiger partial charge in [0.25, 0.3) is 0 Å². The van der Waals surface area contributed by atoms with Gasteiger partial charge < -0.3 is 10.2 Å². The van der Waals surface area contributed by atoms with Crippen LogP contribution in [0.2, 0.25) is 0 Å². The standard InChI is InChI=1S/C12H22O2/c1-2-3-4-5-6-7-9-12(14)10-8-11-13/h12-14H,2-6,8,10-11H2,1H3. The Hall–Kier alpha value is -0.520. The lowest BCUT2D eigenvalue weighted by Crippen LogP contribution is -2.03. The molecule has 2 heteroatoms. The Balaban J connectivity index is 3.31. The summed E-state index contributed by atoms with van der Waals surface area (Å²) < 4.78 is 0. The highest BCUT2D eigenvalue weighted by Crippen LogP contribution is 2.01. The van der Waals surface area contributed by atoms with Crippen molar-refractivity contribution in [2.75, 3.05) is 6.61 Å². The van der Waals surface area contributed by atoms with Gasteiger partial charge in [-0.3, -0.25) is 0 Å². The van der Waals surface area contributed by atoms with E-state index in [4.69, 9.17) is 5.11 Å². The van der Waals surface area contributed by atoms with Crippen LogP contribution >= 0.6 is 0 Å². The van der Waals surface area contributed by atoms with E-state index in [1.54, 1.807) is 0 Å². The highest BCUT2D eigenvalue weighted by atomic mass is 16.3. The maximum Gasteiger partial charge on any atom is 0.114 e. The third kappa shape index (κ3) is 9.57. The fourth-order valence-corrected chi connectivity index (χ4v) is 1.19. The third-order valence-electron chi connectivity index (χ3n) is 2.06. The van der Waals surface area contributed by atoms with Crippen LogP contribution in [0.15, 0.2) is 0 Å². The van der Waals surface area contributed by atoms with Crippen molar-refractivity contribution in [2.24, 2.45) is 0 Å². The van der Waals surface area contributed by atoms with Crippen molar-refractivity contribution in [3.8, 4) is 11.8 Å². The molecular weight excluding hydrogens is 176 g/mol. The van der Waals surface area contributed by atoms with Gasteiger partial charge >= 0.3 is 0 Å². The summed E-state index contributed by atoms with van der Waals surface area (Å²) in [4.78, 5) is 0. The van der Waals surface area contributed by atoms with E-state index in [0.29, 0.717) is 12.8 Å². The molecule has 0 bridgehead atoms. The summed E-state index contributed by atoms with van der Waals surface area (Å²) in [6.45, 7) is 2.32. The van der Waals surface area contributed by atoms with Gasteiger partial charge in [-0.2, -0.15) is 0 Å². The molecule has 0 aliphatic heterocycles. The van der Waals surface area contributed by atoms with Crippen molar-refractivity contribution < 1.29 is 10.2 Å². The molecule has 0 saturated carbocycles. The summed E-state index contributed by atoms with van der Waals surface area (Å²) in [7, 11) is 0. The molecule has 2 N–H and O–H groups in total. The van der Waals surface area contributed by atoms with E-state index in [1.165, 1.54) is 19.3 Å². The molecule has 1 unspecified atom stereocenters. The molecule has 0 aliphatic carbocycles. The van der Waals surface area contributed by atoms with Crippen LogP contribution in [0.3, 0.4) is 0 Å². The summed E-state index contributed by atoms with van der Waals surface area (Å²) in [5.41, 5.74) is 0. The minimum absolute atomic E-state index is 0.134. The lowest BCUT2D eigenvalue weighted by atomic mass is 10.1. The first kappa shape index (κ1) is 13.5. The molecule has 14 heavy (non-hydrogen) atoms. The van der Waals surface area contributed by atoms with Crippen LogP contribution in [0.5, 0.6) is 0 Å². The Morgan fingerprint density at radius 1 is 1.14 bits per heavy atom. The van der Waals surface area contributed by atoms with Crippen LogP contribution in [-0.2, 0) is 0 Å². The lowest BCUT2D eigenvalue weighted by Gasteiger charge is -1.99. The molecule has 0 spiro atoms. The van der Waals surface area contributed by atoms with Gasteiger partial charge in [0, 0.05) is 13.0 Å². The summed E-state index contributed by atoms with van der Waals surface area (Å²) in [5.74, 6) is 5.76. The zero-order valence-electron chi connectivity index (χ0n) is 9.13. The quantitative estimate of drug-likeness (QED) is 0.486. The number of aliphatic hydroxyl groups excluding tert-OH is 2. The summed E-state index contributed by atoms with van der Waals surface area (Å²) in [6, 6.07) is 0. The second-order valence-electron chi connectivity index (χ2n) is 3.51. The molecule has 0 aromatic carbocycles. The Morgan fingerprint density at radius 2 is 1.93 bits per heavy atom. The molecule has 0 rings (SSSR count). The zero-order chi connectivity index (χ0) is 10.6. The predicted octanol–water partition coefficient (Wildman–Crippen LogP) is 2.09. The van der Waals surface area contributed by atoms with Gasteiger partial charge in [0.15, 0.2) is 0 Å². The molecule has 1 atom stereocenters. The monoisotopic (exact) mass is 198 g/mol. The molecule has 0 aliphatic rings. The topological polar surface area (TPSA) is 40.5 Å². The van der Waals surface area contributed by atoms with Crippen LogP contribution in [0.4, 0.5) is 0 Å². The Morgan fingerprint density at radius 3 is 2.57 bits per heavy atom. The van der Waals surface area contributed by atoms with E-state index in [1.807, 2.05) is 0 Å². The summed E-state index contributed by atoms with van der Waals surface area (Å²) in [5, 5.41) is 17.8. The third-order valence-corrected chi connectivity index (χ3v) is 2.06. The Bertz CT molecular complexity index is 167. The predicted molar refractivity (Wildman–Crippen MR) is 58.9 cm³/mol. The van der Waals surface area contributed by atoms with E-state index >= 15 is 0 Å². The number of aliphatic hydroxyl groups is 2. The molecule has 82 valence electrons. The molecule has 0 aromatic heterocycles. The maximum absolute atomic E-state index is 9.30. The Kier molecular flexibility index (Phi) is 10.2. The van der Waals surface area contributed by atoms with Crippen molar-refractivity contribution in [3.63, 3.8) is 0 Å². The zero-order valence-corrected chi connectivity index (χ0v) is 9.13. The molecule has 2 nitrogen and oxygen atoms in total. The fraction of sp³-hybridized carbons (Fsp3) is 0.833. The largest absolute Gasteiger partial charge is 0.396 e. The van der Waals surface area contributed by atoms with Gasteiger partial charge in [0.2, 0.25) is 0 Å². The van der Waals surface area contributed by atoms with Crippen LogP contribution in [0.25, 0.3) is 0 Å². The summed E-state index contributed by atoms with van der Waals surface area (Å²) >= 11 is 0. The molecular formula is C12H22O2. The minimum Gasteiger partial charge on any atom is -0.396 e. The van der Waals surface area contributed by atoms with Crippen LogP contribution in [0.1, 0.15) is 51.9 Å². The SMILES string of the molecule is CCCCCCC#CC(O)CCCO. The number of hydrogen-bond acceptors (Lipinski definition) is 2. The number of hydrogen-bond donors (Lipinski definition) is 2. The second-order valence-corrected chi connectivity index (χ2v) is 3.51. The van der Waals surface area contributed by atoms with Crippen molar-refractivity contribution in [1.82, 2.24) is 0 Å². The molecule has 0 radical (unpaired) electrons. The Labute approximate surface area is 87.3 Å². The van der Waals surface area contributed by atoms with Gasteiger partial charge in [-0.05, 0) is 19.3 Å². The fourth-order valence-electron chi connectivity index (χ4n) is 1.19. The summed E-state index contributed by atoms with van der Waals surface area (Å²) in [6.07, 6.45) is 6.43. The molecule has 0 heterocycles. The molecule has 0 aromatic rings. The lowest BCUT2D eigenvalue weighted by molar-refractivity contribution is 0.197. The van der Waals surface area contributed by atoms with Gasteiger partial charge in [0.05, 0.1) is 0 Å². The first-order valence-corrected chi connectivity index (χ1v) is 5.58. The van der Waals surface area contributed by atoms with E-state index in [9.17, 15) is 5.11 Å². The van der Waals surface area contributed by atoms with Crippen LogP contribution in [-0.4, -0.2) is 22.9 Å². The van der Waals surface area contributed by atoms with Crippen molar-refractivity contribution >= 4 is 0 Å². The minimum atomic E-state index is -0.548. The highest BCUT2D eigenvalue weighted by Gasteiger charge is 1.96. The van der Waals surface area contributed by atoms with Gasteiger partial charge in [0.1, 0.15) is 6.10 Å². The van der Waals surface area contributed by atoms with E-state index in [2.05, 4.69) is 18.8 Å².